The highest BCUT2D eigenvalue weighted by Crippen LogP contribution is 2.28. The first-order valence-electron chi connectivity index (χ1n) is 7.63. The summed E-state index contributed by atoms with van der Waals surface area (Å²) in [4.78, 5) is 4.45. The van der Waals surface area contributed by atoms with E-state index in [-0.39, 0.29) is 18.1 Å². The smallest absolute Gasteiger partial charge is 0.158 e. The van der Waals surface area contributed by atoms with Gasteiger partial charge >= 0.3 is 0 Å². The van der Waals surface area contributed by atoms with E-state index in [2.05, 4.69) is 9.99 Å². The minimum Gasteiger partial charge on any atom is -0.492 e. The Bertz CT molecular complexity index is 657. The molecule has 0 radical (unpaired) electrons. The van der Waals surface area contributed by atoms with Gasteiger partial charge in [0.1, 0.15) is 31.8 Å². The average Bonchev–Trinajstić information content (AvgIpc) is 2.50. The molecule has 0 aliphatic carbocycles. The van der Waals surface area contributed by atoms with Crippen molar-refractivity contribution in [3.05, 3.63) is 35.4 Å². The van der Waals surface area contributed by atoms with Crippen LogP contribution in [-0.4, -0.2) is 46.5 Å². The van der Waals surface area contributed by atoms with Crippen LogP contribution in [0.2, 0.25) is 0 Å². The first-order valence-corrected chi connectivity index (χ1v) is 9.45. The summed E-state index contributed by atoms with van der Waals surface area (Å²) >= 11 is 0. The van der Waals surface area contributed by atoms with Gasteiger partial charge in [0.2, 0.25) is 0 Å². The van der Waals surface area contributed by atoms with Crippen LogP contribution < -0.4 is 9.47 Å². The van der Waals surface area contributed by atoms with Crippen molar-refractivity contribution >= 4 is 16.1 Å². The molecule has 6 nitrogen and oxygen atoms in total. The maximum absolute atomic E-state index is 11.8. The molecule has 0 heterocycles. The monoisotopic (exact) mass is 355 g/mol. The number of rotatable bonds is 10. The summed E-state index contributed by atoms with van der Waals surface area (Å²) in [5, 5.41) is 3.43. The van der Waals surface area contributed by atoms with Crippen LogP contribution in [0.25, 0.3) is 0 Å². The summed E-state index contributed by atoms with van der Waals surface area (Å²) in [5.41, 5.74) is 1.81. The number of nitrogens with zero attached hydrogens (tertiary/aromatic N) is 1. The van der Waals surface area contributed by atoms with Gasteiger partial charge in [-0.05, 0) is 44.0 Å². The molecule has 0 spiro atoms. The molecule has 1 aromatic carbocycles. The molecule has 0 saturated heterocycles. The highest BCUT2D eigenvalue weighted by Gasteiger charge is 2.12. The molecule has 0 N–H and O–H groups in total. The zero-order chi connectivity index (χ0) is 18.0. The molecule has 0 bridgehead atoms. The Labute approximate surface area is 144 Å². The first-order chi connectivity index (χ1) is 11.4. The largest absolute Gasteiger partial charge is 0.492 e. The summed E-state index contributed by atoms with van der Waals surface area (Å²) < 4.78 is 34.9. The van der Waals surface area contributed by atoms with E-state index < -0.39 is 9.84 Å². The Morgan fingerprint density at radius 3 is 2.42 bits per heavy atom. The molecule has 0 saturated carbocycles. The fourth-order valence-corrected chi connectivity index (χ4v) is 2.83. The second-order valence-corrected chi connectivity index (χ2v) is 7.43. The predicted octanol–water partition coefficient (Wildman–Crippen LogP) is 2.68. The summed E-state index contributed by atoms with van der Waals surface area (Å²) in [6.45, 7) is 6.35. The average molecular weight is 355 g/mol. The summed E-state index contributed by atoms with van der Waals surface area (Å²) in [5.74, 6) is 1.20. The molecule has 0 aliphatic rings. The molecule has 1 rings (SSSR count). The lowest BCUT2D eigenvalue weighted by molar-refractivity contribution is 0.215. The van der Waals surface area contributed by atoms with Gasteiger partial charge in [-0.25, -0.2) is 8.42 Å². The quantitative estimate of drug-likeness (QED) is 0.366. The Morgan fingerprint density at radius 1 is 1.17 bits per heavy atom. The molecule has 134 valence electrons. The summed E-state index contributed by atoms with van der Waals surface area (Å²) in [7, 11) is -1.89. The highest BCUT2D eigenvalue weighted by atomic mass is 32.2. The van der Waals surface area contributed by atoms with Crippen LogP contribution in [0.3, 0.4) is 0 Å². The van der Waals surface area contributed by atoms with Crippen LogP contribution in [0.15, 0.2) is 29.4 Å². The number of allylic oxidation sites excluding steroid dienone is 1. The SMILES string of the molecule is C/C=C/COc1cc(C)c(OCCS(=O)(=O)C/C=N/OC)c(C)c1. The maximum Gasteiger partial charge on any atom is 0.158 e. The Hall–Kier alpha value is -2.02. The van der Waals surface area contributed by atoms with Crippen LogP contribution in [0.1, 0.15) is 18.1 Å². The van der Waals surface area contributed by atoms with Crippen LogP contribution >= 0.6 is 0 Å². The van der Waals surface area contributed by atoms with E-state index in [0.717, 1.165) is 16.9 Å². The second-order valence-electron chi connectivity index (χ2n) is 5.20. The lowest BCUT2D eigenvalue weighted by atomic mass is 10.1. The van der Waals surface area contributed by atoms with Gasteiger partial charge in [0.25, 0.3) is 0 Å². The number of ether oxygens (including phenoxy) is 2. The summed E-state index contributed by atoms with van der Waals surface area (Å²) in [6, 6.07) is 3.76. The Balaban J connectivity index is 2.63. The van der Waals surface area contributed by atoms with Gasteiger partial charge in [-0.15, -0.1) is 0 Å². The van der Waals surface area contributed by atoms with Gasteiger partial charge in [0, 0.05) is 0 Å². The van der Waals surface area contributed by atoms with Crippen LogP contribution in [-0.2, 0) is 14.7 Å². The van der Waals surface area contributed by atoms with Crippen molar-refractivity contribution < 1.29 is 22.7 Å². The molecular formula is C17H25NO5S. The van der Waals surface area contributed by atoms with Crippen molar-refractivity contribution in [1.82, 2.24) is 0 Å². The number of hydrogen-bond donors (Lipinski definition) is 0. The zero-order valence-electron chi connectivity index (χ0n) is 14.6. The molecular weight excluding hydrogens is 330 g/mol. The fourth-order valence-electron chi connectivity index (χ4n) is 2.03. The van der Waals surface area contributed by atoms with Crippen molar-refractivity contribution in [3.8, 4) is 11.5 Å². The van der Waals surface area contributed by atoms with E-state index in [1.54, 1.807) is 0 Å². The van der Waals surface area contributed by atoms with E-state index in [1.165, 1.54) is 13.3 Å². The molecule has 24 heavy (non-hydrogen) atoms. The predicted molar refractivity (Wildman–Crippen MR) is 95.9 cm³/mol. The van der Waals surface area contributed by atoms with Gasteiger partial charge in [-0.2, -0.15) is 0 Å². The van der Waals surface area contributed by atoms with E-state index in [9.17, 15) is 8.42 Å². The lowest BCUT2D eigenvalue weighted by Gasteiger charge is -2.14. The van der Waals surface area contributed by atoms with Crippen LogP contribution in [0.5, 0.6) is 11.5 Å². The summed E-state index contributed by atoms with van der Waals surface area (Å²) in [6.07, 6.45) is 5.07. The molecule has 7 heteroatoms. The van der Waals surface area contributed by atoms with E-state index in [1.807, 2.05) is 45.1 Å². The van der Waals surface area contributed by atoms with Crippen LogP contribution in [0, 0.1) is 13.8 Å². The normalized spacial score (nSPS) is 12.0. The Morgan fingerprint density at radius 2 is 1.83 bits per heavy atom. The third kappa shape index (κ3) is 7.04. The molecule has 0 aromatic heterocycles. The lowest BCUT2D eigenvalue weighted by Crippen LogP contribution is -2.18. The van der Waals surface area contributed by atoms with Gasteiger partial charge in [-0.1, -0.05) is 17.3 Å². The van der Waals surface area contributed by atoms with Crippen molar-refractivity contribution in [2.24, 2.45) is 5.16 Å². The van der Waals surface area contributed by atoms with Crippen LogP contribution in [0.4, 0.5) is 0 Å². The number of sulfone groups is 1. The fraction of sp³-hybridized carbons (Fsp3) is 0.471. The molecule has 0 aliphatic heterocycles. The highest BCUT2D eigenvalue weighted by molar-refractivity contribution is 7.92. The topological polar surface area (TPSA) is 74.2 Å². The molecule has 0 amide bonds. The van der Waals surface area contributed by atoms with Gasteiger partial charge in [0.15, 0.2) is 9.84 Å². The number of hydrogen-bond acceptors (Lipinski definition) is 6. The third-order valence-corrected chi connectivity index (χ3v) is 4.61. The van der Waals surface area contributed by atoms with Gasteiger partial charge < -0.3 is 14.3 Å². The first kappa shape index (κ1) is 20.0. The number of aryl methyl sites for hydroxylation is 2. The number of oxime groups is 1. The minimum absolute atomic E-state index is 0.0822. The van der Waals surface area contributed by atoms with Crippen molar-refractivity contribution in [3.63, 3.8) is 0 Å². The second kappa shape index (κ2) is 9.97. The van der Waals surface area contributed by atoms with Gasteiger partial charge in [0.05, 0.1) is 17.7 Å². The Kier molecular flexibility index (Phi) is 8.32. The zero-order valence-corrected chi connectivity index (χ0v) is 15.4. The van der Waals surface area contributed by atoms with Crippen molar-refractivity contribution in [2.45, 2.75) is 20.8 Å². The minimum atomic E-state index is -3.26. The molecule has 0 unspecified atom stereocenters. The molecule has 0 fully saturated rings. The number of benzene rings is 1. The van der Waals surface area contributed by atoms with Crippen molar-refractivity contribution in [1.29, 1.82) is 0 Å². The maximum atomic E-state index is 11.8. The van der Waals surface area contributed by atoms with Gasteiger partial charge in [-0.3, -0.25) is 0 Å². The molecule has 1 aromatic rings. The van der Waals surface area contributed by atoms with E-state index in [4.69, 9.17) is 9.47 Å². The standard InChI is InChI=1S/C17H25NO5S/c1-5-6-8-22-16-12-14(2)17(15(3)13-16)23-9-11-24(19,20)10-7-18-21-4/h5-7,12-13H,8-11H2,1-4H3/b6-5+,18-7+. The molecule has 0 atom stereocenters. The van der Waals surface area contributed by atoms with Crippen molar-refractivity contribution in [2.75, 3.05) is 31.8 Å². The van der Waals surface area contributed by atoms with E-state index in [0.29, 0.717) is 12.4 Å². The van der Waals surface area contributed by atoms with E-state index >= 15 is 0 Å². The third-order valence-electron chi connectivity index (χ3n) is 3.16.